The van der Waals surface area contributed by atoms with E-state index in [0.717, 1.165) is 49.7 Å². The van der Waals surface area contributed by atoms with E-state index >= 15 is 0 Å². The van der Waals surface area contributed by atoms with Crippen molar-refractivity contribution in [2.75, 3.05) is 19.3 Å². The smallest absolute Gasteiger partial charge is 0.188 e. The Bertz CT molecular complexity index is 788. The Balaban J connectivity index is 1.65. The molecule has 9 heteroatoms. The Labute approximate surface area is 140 Å². The van der Waals surface area contributed by atoms with E-state index in [9.17, 15) is 8.42 Å². The van der Waals surface area contributed by atoms with E-state index in [4.69, 9.17) is 0 Å². The molecule has 7 nitrogen and oxygen atoms in total. The first-order chi connectivity index (χ1) is 10.8. The molecule has 1 aliphatic rings. The minimum atomic E-state index is -3.24. The molecule has 0 saturated carbocycles. The molecule has 0 amide bonds. The van der Waals surface area contributed by atoms with Crippen molar-refractivity contribution in [3.05, 3.63) is 23.1 Å². The van der Waals surface area contributed by atoms with Gasteiger partial charge in [-0.15, -0.1) is 5.10 Å². The molecule has 0 unspecified atom stereocenters. The SMILES string of the molecule is Cc1nn(C)cc1CN1CCC(c2nnsc2S(C)(=O)=O)CC1. The Hall–Kier alpha value is -1.32. The van der Waals surface area contributed by atoms with Gasteiger partial charge in [0, 0.05) is 49.1 Å². The molecule has 0 radical (unpaired) electrons. The van der Waals surface area contributed by atoms with Crippen molar-refractivity contribution >= 4 is 21.4 Å². The minimum Gasteiger partial charge on any atom is -0.299 e. The molecule has 3 heterocycles. The number of piperidine rings is 1. The van der Waals surface area contributed by atoms with Crippen LogP contribution < -0.4 is 0 Å². The molecule has 0 N–H and O–H groups in total. The Kier molecular flexibility index (Phi) is 4.52. The number of sulfone groups is 1. The van der Waals surface area contributed by atoms with Crippen molar-refractivity contribution in [3.8, 4) is 0 Å². The Morgan fingerprint density at radius 2 is 2.04 bits per heavy atom. The maximum absolute atomic E-state index is 11.8. The van der Waals surface area contributed by atoms with Crippen molar-refractivity contribution in [1.29, 1.82) is 0 Å². The van der Waals surface area contributed by atoms with Crippen LogP contribution >= 0.6 is 11.5 Å². The first kappa shape index (κ1) is 16.5. The van der Waals surface area contributed by atoms with Gasteiger partial charge >= 0.3 is 0 Å². The van der Waals surface area contributed by atoms with Gasteiger partial charge in [0.15, 0.2) is 14.0 Å². The third kappa shape index (κ3) is 3.61. The van der Waals surface area contributed by atoms with Gasteiger partial charge in [0.1, 0.15) is 0 Å². The van der Waals surface area contributed by atoms with Gasteiger partial charge < -0.3 is 0 Å². The molecule has 126 valence electrons. The normalized spacial score (nSPS) is 17.7. The molecule has 0 bridgehead atoms. The molecule has 0 atom stereocenters. The number of hydrogen-bond donors (Lipinski definition) is 0. The lowest BCUT2D eigenvalue weighted by Gasteiger charge is -2.31. The van der Waals surface area contributed by atoms with Crippen molar-refractivity contribution in [1.82, 2.24) is 24.3 Å². The molecule has 2 aromatic rings. The van der Waals surface area contributed by atoms with E-state index in [2.05, 4.69) is 25.8 Å². The first-order valence-corrected chi connectivity index (χ1v) is 10.2. The fraction of sp³-hybridized carbons (Fsp3) is 0.643. The molecule has 0 aliphatic carbocycles. The van der Waals surface area contributed by atoms with Gasteiger partial charge in [-0.3, -0.25) is 9.58 Å². The summed E-state index contributed by atoms with van der Waals surface area (Å²) in [5.74, 6) is 0.185. The van der Waals surface area contributed by atoms with Crippen molar-refractivity contribution in [2.45, 2.75) is 36.4 Å². The molecule has 1 saturated heterocycles. The van der Waals surface area contributed by atoms with Gasteiger partial charge in [-0.25, -0.2) is 8.42 Å². The molecule has 3 rings (SSSR count). The summed E-state index contributed by atoms with van der Waals surface area (Å²) in [5.41, 5.74) is 2.98. The van der Waals surface area contributed by atoms with Crippen LogP contribution in [-0.4, -0.2) is 52.0 Å². The van der Waals surface area contributed by atoms with Crippen LogP contribution in [0.3, 0.4) is 0 Å². The predicted molar refractivity (Wildman–Crippen MR) is 88.2 cm³/mol. The van der Waals surface area contributed by atoms with Gasteiger partial charge in [0.25, 0.3) is 0 Å². The highest BCUT2D eigenvalue weighted by molar-refractivity contribution is 7.92. The number of likely N-dealkylation sites (tertiary alicyclic amines) is 1. The predicted octanol–water partition coefficient (Wildman–Crippen LogP) is 1.36. The van der Waals surface area contributed by atoms with Crippen molar-refractivity contribution < 1.29 is 8.42 Å². The highest BCUT2D eigenvalue weighted by Gasteiger charge is 2.29. The monoisotopic (exact) mass is 355 g/mol. The van der Waals surface area contributed by atoms with E-state index in [0.29, 0.717) is 9.90 Å². The third-order valence-corrected chi connectivity index (χ3v) is 6.85. The zero-order valence-electron chi connectivity index (χ0n) is 13.6. The van der Waals surface area contributed by atoms with Crippen LogP contribution in [-0.2, 0) is 23.4 Å². The molecular weight excluding hydrogens is 334 g/mol. The van der Waals surface area contributed by atoms with Gasteiger partial charge in [-0.05, 0) is 32.9 Å². The maximum Gasteiger partial charge on any atom is 0.188 e. The van der Waals surface area contributed by atoms with E-state index < -0.39 is 9.84 Å². The van der Waals surface area contributed by atoms with Crippen molar-refractivity contribution in [3.63, 3.8) is 0 Å². The van der Waals surface area contributed by atoms with Crippen molar-refractivity contribution in [2.24, 2.45) is 7.05 Å². The summed E-state index contributed by atoms with van der Waals surface area (Å²) in [7, 11) is -1.30. The standard InChI is InChI=1S/C14H21N5O2S2/c1-10-12(8-18(2)16-10)9-19-6-4-11(5-7-19)13-14(22-17-15-13)23(3,20)21/h8,11H,4-7,9H2,1-3H3. The third-order valence-electron chi connectivity index (χ3n) is 4.30. The lowest BCUT2D eigenvalue weighted by Crippen LogP contribution is -2.33. The molecular formula is C14H21N5O2S2. The lowest BCUT2D eigenvalue weighted by atomic mass is 9.94. The fourth-order valence-electron chi connectivity index (χ4n) is 3.10. The lowest BCUT2D eigenvalue weighted by molar-refractivity contribution is 0.202. The number of aromatic nitrogens is 4. The number of hydrogen-bond acceptors (Lipinski definition) is 7. The maximum atomic E-state index is 11.8. The summed E-state index contributed by atoms with van der Waals surface area (Å²) in [4.78, 5) is 2.39. The topological polar surface area (TPSA) is 81.0 Å². The number of rotatable bonds is 4. The Morgan fingerprint density at radius 3 is 2.61 bits per heavy atom. The van der Waals surface area contributed by atoms with E-state index in [1.54, 1.807) is 0 Å². The zero-order valence-corrected chi connectivity index (χ0v) is 15.2. The molecule has 1 aliphatic heterocycles. The van der Waals surface area contributed by atoms with Gasteiger partial charge in [-0.1, -0.05) is 4.49 Å². The Morgan fingerprint density at radius 1 is 1.35 bits per heavy atom. The molecule has 1 fully saturated rings. The number of aryl methyl sites for hydroxylation is 2. The fourth-order valence-corrected chi connectivity index (χ4v) is 4.84. The van der Waals surface area contributed by atoms with E-state index in [-0.39, 0.29) is 5.92 Å². The summed E-state index contributed by atoms with van der Waals surface area (Å²) >= 11 is 0.985. The van der Waals surface area contributed by atoms with Crippen LogP contribution in [0.2, 0.25) is 0 Å². The molecule has 2 aromatic heterocycles. The molecule has 0 aromatic carbocycles. The van der Waals surface area contributed by atoms with E-state index in [1.165, 1.54) is 11.8 Å². The quantitative estimate of drug-likeness (QED) is 0.824. The summed E-state index contributed by atoms with van der Waals surface area (Å²) in [5, 5.41) is 8.47. The zero-order chi connectivity index (χ0) is 16.6. The molecule has 23 heavy (non-hydrogen) atoms. The highest BCUT2D eigenvalue weighted by atomic mass is 32.2. The summed E-state index contributed by atoms with van der Waals surface area (Å²) in [6.07, 6.45) is 5.11. The van der Waals surface area contributed by atoms with Crippen LogP contribution in [0.4, 0.5) is 0 Å². The number of nitrogens with zero attached hydrogens (tertiary/aromatic N) is 5. The van der Waals surface area contributed by atoms with E-state index in [1.807, 2.05) is 18.7 Å². The van der Waals surface area contributed by atoms with Crippen LogP contribution in [0.1, 0.15) is 35.7 Å². The summed E-state index contributed by atoms with van der Waals surface area (Å²) < 4.78 is 29.7. The van der Waals surface area contributed by atoms with Crippen LogP contribution in [0.5, 0.6) is 0 Å². The molecule has 0 spiro atoms. The van der Waals surface area contributed by atoms with Gasteiger partial charge in [0.2, 0.25) is 0 Å². The second-order valence-corrected chi connectivity index (χ2v) is 9.15. The largest absolute Gasteiger partial charge is 0.299 e. The average molecular weight is 355 g/mol. The summed E-state index contributed by atoms with van der Waals surface area (Å²) in [6, 6.07) is 0. The first-order valence-electron chi connectivity index (χ1n) is 7.58. The second kappa shape index (κ2) is 6.29. The minimum absolute atomic E-state index is 0.185. The van der Waals surface area contributed by atoms with Gasteiger partial charge in [-0.2, -0.15) is 5.10 Å². The van der Waals surface area contributed by atoms with Crippen LogP contribution in [0.15, 0.2) is 10.4 Å². The average Bonchev–Trinajstić information content (AvgIpc) is 3.07. The second-order valence-electron chi connectivity index (χ2n) is 6.18. The van der Waals surface area contributed by atoms with Crippen LogP contribution in [0.25, 0.3) is 0 Å². The highest BCUT2D eigenvalue weighted by Crippen LogP contribution is 2.33. The summed E-state index contributed by atoms with van der Waals surface area (Å²) in [6.45, 7) is 4.78. The van der Waals surface area contributed by atoms with Crippen LogP contribution in [0, 0.1) is 6.92 Å². The van der Waals surface area contributed by atoms with Gasteiger partial charge in [0.05, 0.1) is 11.4 Å².